The highest BCUT2D eigenvalue weighted by Crippen LogP contribution is 2.25. The molecule has 1 aromatic carbocycles. The Morgan fingerprint density at radius 3 is 2.26 bits per heavy atom. The van der Waals surface area contributed by atoms with E-state index in [-0.39, 0.29) is 0 Å². The van der Waals surface area contributed by atoms with Gasteiger partial charge in [0.25, 0.3) is 0 Å². The number of nitrogens with one attached hydrogen (secondary N) is 1. The quantitative estimate of drug-likeness (QED) is 0.878. The third kappa shape index (κ3) is 3.71. The standard InChI is InChI=1S/C16H27N3/c1-17-13-16(19-11-5-4-6-12-19)14-7-9-15(10-8-14)18(2)3/h7-10,16-17H,4-6,11-13H2,1-3H3. The molecular weight excluding hydrogens is 234 g/mol. The third-order valence-electron chi connectivity index (χ3n) is 4.02. The third-order valence-corrected chi connectivity index (χ3v) is 4.02. The van der Waals surface area contributed by atoms with Crippen LogP contribution >= 0.6 is 0 Å². The largest absolute Gasteiger partial charge is 0.378 e. The van der Waals surface area contributed by atoms with Crippen LogP contribution in [-0.4, -0.2) is 45.7 Å². The molecule has 19 heavy (non-hydrogen) atoms. The summed E-state index contributed by atoms with van der Waals surface area (Å²) >= 11 is 0. The molecule has 1 atom stereocenters. The van der Waals surface area contributed by atoms with E-state index in [1.165, 1.54) is 43.6 Å². The van der Waals surface area contributed by atoms with E-state index >= 15 is 0 Å². The first-order chi connectivity index (χ1) is 9.22. The van der Waals surface area contributed by atoms with Crippen LogP contribution in [0.5, 0.6) is 0 Å². The normalized spacial score (nSPS) is 18.3. The van der Waals surface area contributed by atoms with Gasteiger partial charge in [-0.2, -0.15) is 0 Å². The predicted octanol–water partition coefficient (Wildman–Crippen LogP) is 2.50. The van der Waals surface area contributed by atoms with Crippen molar-refractivity contribution in [1.29, 1.82) is 0 Å². The van der Waals surface area contributed by atoms with Gasteiger partial charge in [0.2, 0.25) is 0 Å². The average molecular weight is 261 g/mol. The van der Waals surface area contributed by atoms with E-state index in [0.29, 0.717) is 6.04 Å². The Labute approximate surface area is 117 Å². The van der Waals surface area contributed by atoms with Crippen molar-refractivity contribution in [2.75, 3.05) is 45.7 Å². The summed E-state index contributed by atoms with van der Waals surface area (Å²) in [6.45, 7) is 3.50. The number of piperidine rings is 1. The molecule has 1 aliphatic heterocycles. The van der Waals surface area contributed by atoms with E-state index < -0.39 is 0 Å². The summed E-state index contributed by atoms with van der Waals surface area (Å²) in [7, 11) is 6.22. The van der Waals surface area contributed by atoms with Gasteiger partial charge >= 0.3 is 0 Å². The van der Waals surface area contributed by atoms with E-state index in [4.69, 9.17) is 0 Å². The first kappa shape index (κ1) is 14.4. The Hall–Kier alpha value is -1.06. The predicted molar refractivity (Wildman–Crippen MR) is 82.9 cm³/mol. The minimum Gasteiger partial charge on any atom is -0.378 e. The zero-order chi connectivity index (χ0) is 13.7. The Bertz CT molecular complexity index is 366. The second-order valence-electron chi connectivity index (χ2n) is 5.66. The fourth-order valence-corrected chi connectivity index (χ4v) is 2.88. The Morgan fingerprint density at radius 1 is 1.11 bits per heavy atom. The van der Waals surface area contributed by atoms with Crippen molar-refractivity contribution in [2.24, 2.45) is 0 Å². The first-order valence-corrected chi connectivity index (χ1v) is 7.38. The molecular formula is C16H27N3. The Balaban J connectivity index is 2.13. The Kier molecular flexibility index (Phi) is 5.23. The van der Waals surface area contributed by atoms with Gasteiger partial charge in [-0.15, -0.1) is 0 Å². The van der Waals surface area contributed by atoms with Gasteiger partial charge in [0.1, 0.15) is 0 Å². The highest BCUT2D eigenvalue weighted by molar-refractivity contribution is 5.46. The lowest BCUT2D eigenvalue weighted by molar-refractivity contribution is 0.162. The summed E-state index contributed by atoms with van der Waals surface area (Å²) in [5.74, 6) is 0. The van der Waals surface area contributed by atoms with Crippen LogP contribution < -0.4 is 10.2 Å². The fraction of sp³-hybridized carbons (Fsp3) is 0.625. The number of rotatable bonds is 5. The van der Waals surface area contributed by atoms with Gasteiger partial charge in [0.15, 0.2) is 0 Å². The van der Waals surface area contributed by atoms with Crippen LogP contribution in [0.3, 0.4) is 0 Å². The summed E-state index contributed by atoms with van der Waals surface area (Å²) in [6.07, 6.45) is 4.08. The first-order valence-electron chi connectivity index (χ1n) is 7.38. The maximum absolute atomic E-state index is 3.35. The zero-order valence-electron chi connectivity index (χ0n) is 12.5. The molecule has 2 rings (SSSR count). The van der Waals surface area contributed by atoms with Crippen molar-refractivity contribution in [3.63, 3.8) is 0 Å². The van der Waals surface area contributed by atoms with E-state index in [0.717, 1.165) is 6.54 Å². The second kappa shape index (κ2) is 6.92. The van der Waals surface area contributed by atoms with Crippen molar-refractivity contribution < 1.29 is 0 Å². The van der Waals surface area contributed by atoms with Crippen LogP contribution in [0, 0.1) is 0 Å². The summed E-state index contributed by atoms with van der Waals surface area (Å²) in [6, 6.07) is 9.53. The molecule has 1 saturated heterocycles. The van der Waals surface area contributed by atoms with Gasteiger partial charge < -0.3 is 10.2 Å². The van der Waals surface area contributed by atoms with Crippen molar-refractivity contribution in [3.05, 3.63) is 29.8 Å². The number of hydrogen-bond acceptors (Lipinski definition) is 3. The van der Waals surface area contributed by atoms with Gasteiger partial charge in [-0.1, -0.05) is 18.6 Å². The number of nitrogens with zero attached hydrogens (tertiary/aromatic N) is 2. The lowest BCUT2D eigenvalue weighted by Gasteiger charge is -2.35. The summed E-state index contributed by atoms with van der Waals surface area (Å²) < 4.78 is 0. The molecule has 0 radical (unpaired) electrons. The zero-order valence-corrected chi connectivity index (χ0v) is 12.5. The molecule has 3 heteroatoms. The fourth-order valence-electron chi connectivity index (χ4n) is 2.88. The molecule has 0 spiro atoms. The number of likely N-dealkylation sites (tertiary alicyclic amines) is 1. The number of anilines is 1. The van der Waals surface area contributed by atoms with Crippen molar-refractivity contribution >= 4 is 5.69 Å². The lowest BCUT2D eigenvalue weighted by Crippen LogP contribution is -2.38. The van der Waals surface area contributed by atoms with Crippen molar-refractivity contribution in [2.45, 2.75) is 25.3 Å². The van der Waals surface area contributed by atoms with Crippen LogP contribution in [0.25, 0.3) is 0 Å². The number of hydrogen-bond donors (Lipinski definition) is 1. The average Bonchev–Trinajstić information content (AvgIpc) is 2.46. The van der Waals surface area contributed by atoms with Gasteiger partial charge in [-0.05, 0) is 50.7 Å². The van der Waals surface area contributed by atoms with Crippen LogP contribution in [0.1, 0.15) is 30.9 Å². The summed E-state index contributed by atoms with van der Waals surface area (Å²) in [4.78, 5) is 4.78. The topological polar surface area (TPSA) is 18.5 Å². The lowest BCUT2D eigenvalue weighted by atomic mass is 10.0. The molecule has 0 aliphatic carbocycles. The van der Waals surface area contributed by atoms with Gasteiger partial charge in [0, 0.05) is 32.4 Å². The SMILES string of the molecule is CNCC(c1ccc(N(C)C)cc1)N1CCCCC1. The van der Waals surface area contributed by atoms with Gasteiger partial charge in [-0.25, -0.2) is 0 Å². The molecule has 0 amide bonds. The van der Waals surface area contributed by atoms with Crippen LogP contribution in [0.15, 0.2) is 24.3 Å². The van der Waals surface area contributed by atoms with Crippen LogP contribution in [0.2, 0.25) is 0 Å². The molecule has 0 aromatic heterocycles. The molecule has 1 aliphatic rings. The van der Waals surface area contributed by atoms with E-state index in [1.807, 2.05) is 7.05 Å². The minimum absolute atomic E-state index is 0.515. The monoisotopic (exact) mass is 261 g/mol. The molecule has 0 saturated carbocycles. The Morgan fingerprint density at radius 2 is 1.74 bits per heavy atom. The molecule has 3 nitrogen and oxygen atoms in total. The van der Waals surface area contributed by atoms with Crippen LogP contribution in [-0.2, 0) is 0 Å². The van der Waals surface area contributed by atoms with Crippen molar-refractivity contribution in [1.82, 2.24) is 10.2 Å². The molecule has 106 valence electrons. The van der Waals surface area contributed by atoms with Gasteiger partial charge in [0.05, 0.1) is 0 Å². The molecule has 0 bridgehead atoms. The highest BCUT2D eigenvalue weighted by atomic mass is 15.2. The summed E-state index contributed by atoms with van der Waals surface area (Å²) in [5.41, 5.74) is 2.70. The number of likely N-dealkylation sites (N-methyl/N-ethyl adjacent to an activating group) is 1. The molecule has 1 unspecified atom stereocenters. The van der Waals surface area contributed by atoms with Crippen LogP contribution in [0.4, 0.5) is 5.69 Å². The molecule has 1 fully saturated rings. The maximum atomic E-state index is 3.35. The number of benzene rings is 1. The maximum Gasteiger partial charge on any atom is 0.0472 e. The van der Waals surface area contributed by atoms with Gasteiger partial charge in [-0.3, -0.25) is 4.90 Å². The molecule has 1 N–H and O–H groups in total. The highest BCUT2D eigenvalue weighted by Gasteiger charge is 2.21. The summed E-state index contributed by atoms with van der Waals surface area (Å²) in [5, 5.41) is 3.35. The molecule has 1 heterocycles. The van der Waals surface area contributed by atoms with E-state index in [9.17, 15) is 0 Å². The second-order valence-corrected chi connectivity index (χ2v) is 5.66. The smallest absolute Gasteiger partial charge is 0.0472 e. The minimum atomic E-state index is 0.515. The van der Waals surface area contributed by atoms with E-state index in [2.05, 4.69) is 53.5 Å². The van der Waals surface area contributed by atoms with Crippen molar-refractivity contribution in [3.8, 4) is 0 Å². The van der Waals surface area contributed by atoms with E-state index in [1.54, 1.807) is 0 Å². The molecule has 1 aromatic rings.